The normalized spacial score (nSPS) is 21.8. The molecule has 2 rings (SSSR count). The van der Waals surface area contributed by atoms with Crippen LogP contribution in [0.2, 0.25) is 0 Å². The van der Waals surface area contributed by atoms with Gasteiger partial charge in [-0.1, -0.05) is 6.92 Å². The predicted molar refractivity (Wildman–Crippen MR) is 67.1 cm³/mol. The highest BCUT2D eigenvalue weighted by Gasteiger charge is 2.51. The van der Waals surface area contributed by atoms with E-state index in [0.717, 1.165) is 17.6 Å². The summed E-state index contributed by atoms with van der Waals surface area (Å²) in [5, 5.41) is 8.03. The first kappa shape index (κ1) is 12.5. The summed E-state index contributed by atoms with van der Waals surface area (Å²) in [5.41, 5.74) is 1.27. The van der Waals surface area contributed by atoms with Gasteiger partial charge in [-0.25, -0.2) is 0 Å². The summed E-state index contributed by atoms with van der Waals surface area (Å²) in [6.45, 7) is 10.2. The van der Waals surface area contributed by atoms with Gasteiger partial charge in [0.1, 0.15) is 0 Å². The van der Waals surface area contributed by atoms with Crippen LogP contribution in [0.3, 0.4) is 0 Å². The Morgan fingerprint density at radius 2 is 1.76 bits per heavy atom. The number of aryl methyl sites for hydroxylation is 1. The van der Waals surface area contributed by atoms with Crippen LogP contribution in [-0.2, 0) is 15.7 Å². The Hall–Kier alpha value is -0.935. The van der Waals surface area contributed by atoms with Crippen LogP contribution in [-0.4, -0.2) is 28.5 Å². The van der Waals surface area contributed by atoms with Gasteiger partial charge in [0.05, 0.1) is 16.9 Å². The molecule has 2 heterocycles. The zero-order chi connectivity index (χ0) is 12.7. The van der Waals surface area contributed by atoms with Crippen molar-refractivity contribution in [3.05, 3.63) is 18.0 Å². The first-order valence-corrected chi connectivity index (χ1v) is 6.03. The van der Waals surface area contributed by atoms with E-state index in [1.807, 2.05) is 33.8 Å². The van der Waals surface area contributed by atoms with Crippen LogP contribution in [0.1, 0.15) is 40.3 Å². The summed E-state index contributed by atoms with van der Waals surface area (Å²) in [6.07, 6.45) is 2.57. The molecule has 5 heteroatoms. The van der Waals surface area contributed by atoms with E-state index in [-0.39, 0.29) is 18.3 Å². The van der Waals surface area contributed by atoms with Crippen LogP contribution in [0.25, 0.3) is 0 Å². The SMILES string of the molecule is CCc1cc(B2OC(C)(C)C(C)(C)O2)cnn1. The number of hydrogen-bond donors (Lipinski definition) is 0. The second-order valence-corrected chi connectivity index (χ2v) is 5.42. The van der Waals surface area contributed by atoms with Gasteiger partial charge in [0.15, 0.2) is 0 Å². The minimum absolute atomic E-state index is 0.312. The zero-order valence-electron chi connectivity index (χ0n) is 11.2. The van der Waals surface area contributed by atoms with E-state index in [4.69, 9.17) is 9.31 Å². The lowest BCUT2D eigenvalue weighted by Gasteiger charge is -2.32. The van der Waals surface area contributed by atoms with Gasteiger partial charge >= 0.3 is 7.12 Å². The van der Waals surface area contributed by atoms with E-state index < -0.39 is 0 Å². The lowest BCUT2D eigenvalue weighted by molar-refractivity contribution is 0.00578. The van der Waals surface area contributed by atoms with Gasteiger partial charge < -0.3 is 9.31 Å². The first-order chi connectivity index (χ1) is 7.86. The van der Waals surface area contributed by atoms with E-state index in [0.29, 0.717) is 0 Å². The van der Waals surface area contributed by atoms with Crippen molar-refractivity contribution in [3.8, 4) is 0 Å². The van der Waals surface area contributed by atoms with E-state index in [1.54, 1.807) is 6.20 Å². The van der Waals surface area contributed by atoms with Gasteiger partial charge in [-0.05, 0) is 40.2 Å². The molecule has 0 unspecified atom stereocenters. The molecular formula is C12H19BN2O2. The number of aromatic nitrogens is 2. The minimum Gasteiger partial charge on any atom is -0.399 e. The highest BCUT2D eigenvalue weighted by molar-refractivity contribution is 6.62. The molecule has 1 aliphatic heterocycles. The fraction of sp³-hybridized carbons (Fsp3) is 0.667. The average molecular weight is 234 g/mol. The monoisotopic (exact) mass is 234 g/mol. The minimum atomic E-state index is -0.346. The molecule has 1 aromatic rings. The molecule has 0 spiro atoms. The molecule has 0 radical (unpaired) electrons. The Bertz CT molecular complexity index is 405. The van der Waals surface area contributed by atoms with Gasteiger partial charge in [0, 0.05) is 11.7 Å². The molecule has 92 valence electrons. The smallest absolute Gasteiger partial charge is 0.399 e. The molecule has 4 nitrogen and oxygen atoms in total. The van der Waals surface area contributed by atoms with Crippen molar-refractivity contribution < 1.29 is 9.31 Å². The summed E-state index contributed by atoms with van der Waals surface area (Å²) in [4.78, 5) is 0. The first-order valence-electron chi connectivity index (χ1n) is 6.03. The van der Waals surface area contributed by atoms with E-state index >= 15 is 0 Å². The maximum absolute atomic E-state index is 5.96. The zero-order valence-corrected chi connectivity index (χ0v) is 11.2. The summed E-state index contributed by atoms with van der Waals surface area (Å²) in [5.74, 6) is 0. The Labute approximate surface area is 103 Å². The molecule has 0 atom stereocenters. The molecule has 1 aliphatic rings. The predicted octanol–water partition coefficient (Wildman–Crippen LogP) is 1.34. The third-order valence-corrected chi connectivity index (χ3v) is 3.61. The van der Waals surface area contributed by atoms with Gasteiger partial charge in [0.2, 0.25) is 0 Å². The van der Waals surface area contributed by atoms with E-state index in [2.05, 4.69) is 17.1 Å². The molecule has 0 aromatic carbocycles. The Balaban J connectivity index is 2.25. The molecule has 0 amide bonds. The lowest BCUT2D eigenvalue weighted by atomic mass is 9.80. The van der Waals surface area contributed by atoms with Crippen molar-refractivity contribution in [1.82, 2.24) is 10.2 Å². The maximum atomic E-state index is 5.96. The van der Waals surface area contributed by atoms with Crippen molar-refractivity contribution in [1.29, 1.82) is 0 Å². The molecular weight excluding hydrogens is 215 g/mol. The van der Waals surface area contributed by atoms with Gasteiger partial charge in [0.25, 0.3) is 0 Å². The Morgan fingerprint density at radius 3 is 2.29 bits per heavy atom. The fourth-order valence-corrected chi connectivity index (χ4v) is 1.71. The molecule has 17 heavy (non-hydrogen) atoms. The fourth-order valence-electron chi connectivity index (χ4n) is 1.71. The van der Waals surface area contributed by atoms with Crippen molar-refractivity contribution in [2.24, 2.45) is 0 Å². The largest absolute Gasteiger partial charge is 0.496 e. The Kier molecular flexibility index (Phi) is 3.00. The highest BCUT2D eigenvalue weighted by Crippen LogP contribution is 2.36. The van der Waals surface area contributed by atoms with E-state index in [9.17, 15) is 0 Å². The van der Waals surface area contributed by atoms with Crippen molar-refractivity contribution in [2.45, 2.75) is 52.2 Å². The quantitative estimate of drug-likeness (QED) is 0.724. The molecule has 1 saturated heterocycles. The van der Waals surface area contributed by atoms with Gasteiger partial charge in [-0.3, -0.25) is 0 Å². The molecule has 1 fully saturated rings. The number of hydrogen-bond acceptors (Lipinski definition) is 4. The van der Waals surface area contributed by atoms with Crippen LogP contribution >= 0.6 is 0 Å². The highest BCUT2D eigenvalue weighted by atomic mass is 16.7. The second-order valence-electron chi connectivity index (χ2n) is 5.42. The van der Waals surface area contributed by atoms with Crippen LogP contribution in [0.5, 0.6) is 0 Å². The molecule has 1 aromatic heterocycles. The number of nitrogens with zero attached hydrogens (tertiary/aromatic N) is 2. The summed E-state index contributed by atoms with van der Waals surface area (Å²) in [7, 11) is -0.346. The molecule has 0 N–H and O–H groups in total. The molecule has 0 saturated carbocycles. The summed E-state index contributed by atoms with van der Waals surface area (Å²) >= 11 is 0. The number of rotatable bonds is 2. The van der Waals surface area contributed by atoms with Crippen LogP contribution in [0.4, 0.5) is 0 Å². The Morgan fingerprint density at radius 1 is 1.18 bits per heavy atom. The van der Waals surface area contributed by atoms with Crippen molar-refractivity contribution >= 4 is 12.6 Å². The van der Waals surface area contributed by atoms with Gasteiger partial charge in [-0.15, -0.1) is 0 Å². The van der Waals surface area contributed by atoms with Crippen LogP contribution in [0.15, 0.2) is 12.3 Å². The molecule has 0 bridgehead atoms. The summed E-state index contributed by atoms with van der Waals surface area (Å²) < 4.78 is 11.9. The van der Waals surface area contributed by atoms with Crippen LogP contribution in [0, 0.1) is 0 Å². The second kappa shape index (κ2) is 4.07. The third-order valence-electron chi connectivity index (χ3n) is 3.61. The van der Waals surface area contributed by atoms with Crippen molar-refractivity contribution in [3.63, 3.8) is 0 Å². The lowest BCUT2D eigenvalue weighted by Crippen LogP contribution is -2.41. The summed E-state index contributed by atoms with van der Waals surface area (Å²) in [6, 6.07) is 2.00. The average Bonchev–Trinajstić information content (AvgIpc) is 2.48. The van der Waals surface area contributed by atoms with Crippen molar-refractivity contribution in [2.75, 3.05) is 0 Å². The van der Waals surface area contributed by atoms with E-state index in [1.165, 1.54) is 0 Å². The van der Waals surface area contributed by atoms with Gasteiger partial charge in [-0.2, -0.15) is 10.2 Å². The molecule has 0 aliphatic carbocycles. The van der Waals surface area contributed by atoms with Crippen LogP contribution < -0.4 is 5.46 Å². The maximum Gasteiger partial charge on any atom is 0.496 e. The topological polar surface area (TPSA) is 44.2 Å². The third kappa shape index (κ3) is 2.22. The standard InChI is InChI=1S/C12H19BN2O2/c1-6-10-7-9(8-14-15-10)13-16-11(2,3)12(4,5)17-13/h7-8H,6H2,1-5H3.